The lowest BCUT2D eigenvalue weighted by molar-refractivity contribution is -0.136. The molecule has 2 aromatic carbocycles. The summed E-state index contributed by atoms with van der Waals surface area (Å²) in [4.78, 5) is 24.2. The lowest BCUT2D eigenvalue weighted by atomic mass is 9.83. The van der Waals surface area contributed by atoms with Crippen LogP contribution in [0, 0.1) is 0 Å². The van der Waals surface area contributed by atoms with E-state index in [1.807, 2.05) is 0 Å². The highest BCUT2D eigenvalue weighted by molar-refractivity contribution is 5.94. The topological polar surface area (TPSA) is 101 Å². The van der Waals surface area contributed by atoms with Crippen LogP contribution in [0.2, 0.25) is 0 Å². The molecule has 0 bridgehead atoms. The molecule has 0 spiro atoms. The van der Waals surface area contributed by atoms with Crippen molar-refractivity contribution in [1.29, 1.82) is 0 Å². The highest BCUT2D eigenvalue weighted by Gasteiger charge is 2.38. The SMILES string of the molecule is COc1ccccc1C(C1=C(O)COC1=O)c1cc2c(cc1OC(C)=O)OCO2. The molecule has 150 valence electrons. The Bertz CT molecular complexity index is 1020. The van der Waals surface area contributed by atoms with E-state index in [-0.39, 0.29) is 30.5 Å². The van der Waals surface area contributed by atoms with Crippen LogP contribution in [0.4, 0.5) is 0 Å². The van der Waals surface area contributed by atoms with Gasteiger partial charge in [-0.1, -0.05) is 18.2 Å². The number of carbonyl (C=O) groups is 2. The molecule has 0 aliphatic carbocycles. The smallest absolute Gasteiger partial charge is 0.338 e. The van der Waals surface area contributed by atoms with E-state index in [9.17, 15) is 14.7 Å². The van der Waals surface area contributed by atoms with E-state index in [0.717, 1.165) is 0 Å². The maximum Gasteiger partial charge on any atom is 0.338 e. The zero-order valence-electron chi connectivity index (χ0n) is 15.8. The Balaban J connectivity index is 1.98. The zero-order chi connectivity index (χ0) is 20.5. The summed E-state index contributed by atoms with van der Waals surface area (Å²) in [5, 5.41) is 10.4. The van der Waals surface area contributed by atoms with Gasteiger partial charge in [0.1, 0.15) is 23.9 Å². The number of carbonyl (C=O) groups excluding carboxylic acids is 2. The fraction of sp³-hybridized carbons (Fsp3) is 0.238. The summed E-state index contributed by atoms with van der Waals surface area (Å²) in [6.07, 6.45) is 0. The first kappa shape index (κ1) is 18.7. The van der Waals surface area contributed by atoms with Crippen molar-refractivity contribution in [2.45, 2.75) is 12.8 Å². The van der Waals surface area contributed by atoms with Crippen LogP contribution in [0.25, 0.3) is 0 Å². The van der Waals surface area contributed by atoms with E-state index in [1.165, 1.54) is 20.1 Å². The van der Waals surface area contributed by atoms with Gasteiger partial charge in [0.05, 0.1) is 18.6 Å². The molecule has 1 unspecified atom stereocenters. The molecule has 0 radical (unpaired) electrons. The van der Waals surface area contributed by atoms with Gasteiger partial charge in [-0.15, -0.1) is 0 Å². The van der Waals surface area contributed by atoms with Crippen LogP contribution in [0.3, 0.4) is 0 Å². The van der Waals surface area contributed by atoms with E-state index in [4.69, 9.17) is 23.7 Å². The van der Waals surface area contributed by atoms with E-state index >= 15 is 0 Å². The molecule has 2 aliphatic heterocycles. The summed E-state index contributed by atoms with van der Waals surface area (Å²) >= 11 is 0. The molecule has 1 atom stereocenters. The Morgan fingerprint density at radius 2 is 1.79 bits per heavy atom. The highest BCUT2D eigenvalue weighted by Crippen LogP contribution is 2.48. The average molecular weight is 398 g/mol. The molecule has 0 aromatic heterocycles. The molecule has 29 heavy (non-hydrogen) atoms. The van der Waals surface area contributed by atoms with Gasteiger partial charge in [-0.3, -0.25) is 4.79 Å². The minimum atomic E-state index is -0.829. The fourth-order valence-electron chi connectivity index (χ4n) is 3.48. The van der Waals surface area contributed by atoms with Crippen molar-refractivity contribution in [2.24, 2.45) is 0 Å². The van der Waals surface area contributed by atoms with Crippen LogP contribution in [0.15, 0.2) is 47.7 Å². The maximum atomic E-state index is 12.5. The minimum Gasteiger partial charge on any atom is -0.508 e. The Morgan fingerprint density at radius 1 is 1.07 bits per heavy atom. The number of ether oxygens (including phenoxy) is 5. The molecule has 0 amide bonds. The predicted octanol–water partition coefficient (Wildman–Crippen LogP) is 2.85. The van der Waals surface area contributed by atoms with Crippen molar-refractivity contribution in [2.75, 3.05) is 20.5 Å². The number of hydrogen-bond donors (Lipinski definition) is 1. The molecule has 2 aliphatic rings. The van der Waals surface area contributed by atoms with Crippen molar-refractivity contribution in [3.63, 3.8) is 0 Å². The Labute approximate surface area is 166 Å². The molecule has 1 N–H and O–H groups in total. The normalized spacial score (nSPS) is 15.9. The number of esters is 2. The molecule has 4 rings (SSSR count). The number of cyclic esters (lactones) is 1. The van der Waals surface area contributed by atoms with Gasteiger partial charge in [0.15, 0.2) is 11.5 Å². The summed E-state index contributed by atoms with van der Waals surface area (Å²) < 4.78 is 26.7. The molecule has 8 heteroatoms. The first-order valence-electron chi connectivity index (χ1n) is 8.83. The number of hydrogen-bond acceptors (Lipinski definition) is 8. The number of methoxy groups -OCH3 is 1. The van der Waals surface area contributed by atoms with Crippen LogP contribution in [-0.4, -0.2) is 37.6 Å². The number of aliphatic hydroxyl groups excluding tert-OH is 1. The second-order valence-electron chi connectivity index (χ2n) is 6.45. The van der Waals surface area contributed by atoms with E-state index in [2.05, 4.69) is 0 Å². The van der Waals surface area contributed by atoms with E-state index in [0.29, 0.717) is 28.4 Å². The van der Waals surface area contributed by atoms with Gasteiger partial charge in [0.25, 0.3) is 0 Å². The van der Waals surface area contributed by atoms with Crippen LogP contribution in [0.1, 0.15) is 24.0 Å². The van der Waals surface area contributed by atoms with Crippen LogP contribution in [-0.2, 0) is 14.3 Å². The number of para-hydroxylation sites is 1. The number of benzene rings is 2. The molecule has 0 fully saturated rings. The largest absolute Gasteiger partial charge is 0.508 e. The van der Waals surface area contributed by atoms with Crippen molar-refractivity contribution in [3.05, 3.63) is 58.9 Å². The summed E-state index contributed by atoms with van der Waals surface area (Å²) in [7, 11) is 1.50. The highest BCUT2D eigenvalue weighted by atomic mass is 16.7. The van der Waals surface area contributed by atoms with Crippen molar-refractivity contribution in [1.82, 2.24) is 0 Å². The summed E-state index contributed by atoms with van der Waals surface area (Å²) in [5.74, 6) is -0.719. The zero-order valence-corrected chi connectivity index (χ0v) is 15.8. The summed E-state index contributed by atoms with van der Waals surface area (Å²) in [6, 6.07) is 10.2. The Kier molecular flexibility index (Phi) is 4.75. The van der Waals surface area contributed by atoms with Crippen LogP contribution >= 0.6 is 0 Å². The molecule has 2 heterocycles. The molecule has 0 saturated carbocycles. The van der Waals surface area contributed by atoms with Gasteiger partial charge in [0, 0.05) is 24.1 Å². The molecule has 2 aromatic rings. The third-order valence-corrected chi connectivity index (χ3v) is 4.68. The summed E-state index contributed by atoms with van der Waals surface area (Å²) in [6.45, 7) is 1.06. The monoisotopic (exact) mass is 398 g/mol. The maximum absolute atomic E-state index is 12.5. The van der Waals surface area contributed by atoms with E-state index < -0.39 is 17.9 Å². The second-order valence-corrected chi connectivity index (χ2v) is 6.45. The number of rotatable bonds is 5. The van der Waals surface area contributed by atoms with Crippen LogP contribution in [0.5, 0.6) is 23.0 Å². The number of fused-ring (bicyclic) bond motifs is 1. The van der Waals surface area contributed by atoms with Gasteiger partial charge in [0.2, 0.25) is 6.79 Å². The molecular weight excluding hydrogens is 380 g/mol. The third kappa shape index (κ3) is 3.33. The van der Waals surface area contributed by atoms with Crippen molar-refractivity contribution in [3.8, 4) is 23.0 Å². The Hall–Kier alpha value is -3.68. The fourth-order valence-corrected chi connectivity index (χ4v) is 3.48. The molecule has 8 nitrogen and oxygen atoms in total. The lowest BCUT2D eigenvalue weighted by Gasteiger charge is -2.22. The van der Waals surface area contributed by atoms with Gasteiger partial charge in [-0.25, -0.2) is 4.79 Å². The van der Waals surface area contributed by atoms with Crippen LogP contribution < -0.4 is 18.9 Å². The lowest BCUT2D eigenvalue weighted by Crippen LogP contribution is -2.15. The molecular formula is C21H18O8. The number of aliphatic hydroxyl groups is 1. The predicted molar refractivity (Wildman–Crippen MR) is 99.3 cm³/mol. The van der Waals surface area contributed by atoms with Gasteiger partial charge in [-0.05, 0) is 12.1 Å². The van der Waals surface area contributed by atoms with Gasteiger partial charge >= 0.3 is 11.9 Å². The first-order valence-corrected chi connectivity index (χ1v) is 8.83. The first-order chi connectivity index (χ1) is 14.0. The minimum absolute atomic E-state index is 0.0214. The van der Waals surface area contributed by atoms with Gasteiger partial charge in [-0.2, -0.15) is 0 Å². The van der Waals surface area contributed by atoms with Crippen molar-refractivity contribution < 1.29 is 38.4 Å². The van der Waals surface area contributed by atoms with Gasteiger partial charge < -0.3 is 28.8 Å². The standard InChI is InChI=1S/C21H18O8/c1-11(22)29-16-8-18-17(27-10-28-18)7-13(16)19(20-14(23)9-26-21(20)24)12-5-3-4-6-15(12)25-2/h3-8,19,23H,9-10H2,1-2H3. The quantitative estimate of drug-likeness (QED) is 0.606. The molecule has 0 saturated heterocycles. The summed E-state index contributed by atoms with van der Waals surface area (Å²) in [5.41, 5.74) is 1.05. The second kappa shape index (κ2) is 7.38. The van der Waals surface area contributed by atoms with Crippen molar-refractivity contribution >= 4 is 11.9 Å². The average Bonchev–Trinajstić information content (AvgIpc) is 3.29. The van der Waals surface area contributed by atoms with E-state index in [1.54, 1.807) is 30.3 Å². The Morgan fingerprint density at radius 3 is 2.45 bits per heavy atom. The third-order valence-electron chi connectivity index (χ3n) is 4.68.